The van der Waals surface area contributed by atoms with Crippen LogP contribution in [0.4, 0.5) is 0 Å². The van der Waals surface area contributed by atoms with Gasteiger partial charge in [-0.15, -0.1) is 0 Å². The molecule has 0 aromatic rings. The standard InChI is InChI=1S/C13H26N2O3/c1-3-4-8-16-10-12-18-13-11-17-9-7-15(2)6-5-14/h3-4,6-13H2,1-2H3. The highest BCUT2D eigenvalue weighted by Crippen LogP contribution is 1.88. The van der Waals surface area contributed by atoms with E-state index in [4.69, 9.17) is 19.5 Å². The van der Waals surface area contributed by atoms with Gasteiger partial charge in [-0.2, -0.15) is 5.26 Å². The number of nitrogens with zero attached hydrogens (tertiary/aromatic N) is 2. The van der Waals surface area contributed by atoms with Crippen molar-refractivity contribution in [1.82, 2.24) is 4.90 Å². The molecule has 0 amide bonds. The van der Waals surface area contributed by atoms with Gasteiger partial charge in [0.1, 0.15) is 0 Å². The van der Waals surface area contributed by atoms with Crippen LogP contribution in [-0.4, -0.2) is 64.7 Å². The maximum Gasteiger partial charge on any atom is 0.0864 e. The van der Waals surface area contributed by atoms with Gasteiger partial charge < -0.3 is 14.2 Å². The van der Waals surface area contributed by atoms with Gasteiger partial charge in [-0.25, -0.2) is 0 Å². The molecular weight excluding hydrogens is 232 g/mol. The lowest BCUT2D eigenvalue weighted by atomic mass is 10.4. The van der Waals surface area contributed by atoms with Crippen molar-refractivity contribution in [2.24, 2.45) is 0 Å². The lowest BCUT2D eigenvalue weighted by molar-refractivity contribution is 0.0116. The van der Waals surface area contributed by atoms with Crippen LogP contribution >= 0.6 is 0 Å². The summed E-state index contributed by atoms with van der Waals surface area (Å²) in [6.07, 6.45) is 2.27. The summed E-state index contributed by atoms with van der Waals surface area (Å²) in [6, 6.07) is 2.09. The zero-order valence-corrected chi connectivity index (χ0v) is 11.7. The molecule has 0 saturated heterocycles. The van der Waals surface area contributed by atoms with Gasteiger partial charge in [0.15, 0.2) is 0 Å². The van der Waals surface area contributed by atoms with Gasteiger partial charge in [0.05, 0.1) is 45.6 Å². The summed E-state index contributed by atoms with van der Waals surface area (Å²) in [5.74, 6) is 0. The van der Waals surface area contributed by atoms with E-state index in [0.29, 0.717) is 39.6 Å². The number of likely N-dealkylation sites (N-methyl/N-ethyl adjacent to an activating group) is 1. The summed E-state index contributed by atoms with van der Waals surface area (Å²) in [4.78, 5) is 1.92. The second kappa shape index (κ2) is 14.4. The molecule has 5 heteroatoms. The lowest BCUT2D eigenvalue weighted by Gasteiger charge is -2.12. The van der Waals surface area contributed by atoms with Crippen molar-refractivity contribution < 1.29 is 14.2 Å². The second-order valence-electron chi connectivity index (χ2n) is 4.09. The first-order chi connectivity index (χ1) is 8.81. The highest BCUT2D eigenvalue weighted by Gasteiger charge is 1.96. The molecule has 0 aliphatic heterocycles. The second-order valence-corrected chi connectivity index (χ2v) is 4.09. The number of ether oxygens (including phenoxy) is 3. The molecule has 0 saturated carbocycles. The van der Waals surface area contributed by atoms with Crippen molar-refractivity contribution in [3.8, 4) is 6.07 Å². The lowest BCUT2D eigenvalue weighted by Crippen LogP contribution is -2.24. The Morgan fingerprint density at radius 2 is 1.50 bits per heavy atom. The van der Waals surface area contributed by atoms with Gasteiger partial charge >= 0.3 is 0 Å². The van der Waals surface area contributed by atoms with Gasteiger partial charge in [-0.1, -0.05) is 13.3 Å². The van der Waals surface area contributed by atoms with Crippen LogP contribution in [0.1, 0.15) is 19.8 Å². The first kappa shape index (κ1) is 17.3. The largest absolute Gasteiger partial charge is 0.379 e. The molecule has 106 valence electrons. The molecule has 0 aromatic heterocycles. The molecule has 0 radical (unpaired) electrons. The van der Waals surface area contributed by atoms with Gasteiger partial charge in [-0.3, -0.25) is 4.90 Å². The first-order valence-electron chi connectivity index (χ1n) is 6.60. The van der Waals surface area contributed by atoms with Crippen LogP contribution in [0.25, 0.3) is 0 Å². The van der Waals surface area contributed by atoms with Crippen LogP contribution in [0, 0.1) is 11.3 Å². The SMILES string of the molecule is CCCCOCCOCCOCCN(C)CC#N. The van der Waals surface area contributed by atoms with Gasteiger partial charge in [0, 0.05) is 13.2 Å². The average Bonchev–Trinajstić information content (AvgIpc) is 2.36. The smallest absolute Gasteiger partial charge is 0.0864 e. The average molecular weight is 258 g/mol. The highest BCUT2D eigenvalue weighted by atomic mass is 16.5. The third-order valence-corrected chi connectivity index (χ3v) is 2.34. The monoisotopic (exact) mass is 258 g/mol. The Bertz CT molecular complexity index is 207. The number of hydrogen-bond donors (Lipinski definition) is 0. The summed E-state index contributed by atoms with van der Waals surface area (Å²) in [6.45, 7) is 7.28. The van der Waals surface area contributed by atoms with Crippen molar-refractivity contribution in [2.75, 3.05) is 59.8 Å². The fourth-order valence-electron chi connectivity index (χ4n) is 1.21. The van der Waals surface area contributed by atoms with Gasteiger partial charge in [0.25, 0.3) is 0 Å². The van der Waals surface area contributed by atoms with Crippen LogP contribution < -0.4 is 0 Å². The molecule has 0 aromatic carbocycles. The van der Waals surface area contributed by atoms with E-state index >= 15 is 0 Å². The molecule has 5 nitrogen and oxygen atoms in total. The molecule has 0 heterocycles. The Kier molecular flexibility index (Phi) is 13.9. The molecule has 0 aliphatic rings. The Hall–Kier alpha value is -0.670. The minimum Gasteiger partial charge on any atom is -0.379 e. The third-order valence-electron chi connectivity index (χ3n) is 2.34. The van der Waals surface area contributed by atoms with Crippen LogP contribution in [-0.2, 0) is 14.2 Å². The molecule has 0 spiro atoms. The Morgan fingerprint density at radius 1 is 0.944 bits per heavy atom. The molecule has 0 rings (SSSR count). The number of rotatable bonds is 13. The van der Waals surface area contributed by atoms with Crippen molar-refractivity contribution in [2.45, 2.75) is 19.8 Å². The van der Waals surface area contributed by atoms with E-state index in [1.54, 1.807) is 0 Å². The maximum atomic E-state index is 8.45. The van der Waals surface area contributed by atoms with Gasteiger partial charge in [-0.05, 0) is 13.5 Å². The highest BCUT2D eigenvalue weighted by molar-refractivity contribution is 4.73. The molecule has 18 heavy (non-hydrogen) atoms. The van der Waals surface area contributed by atoms with Crippen LogP contribution in [0.15, 0.2) is 0 Å². The van der Waals surface area contributed by atoms with Crippen molar-refractivity contribution in [3.63, 3.8) is 0 Å². The Labute approximate surface area is 111 Å². The number of nitriles is 1. The van der Waals surface area contributed by atoms with Crippen LogP contribution in [0.5, 0.6) is 0 Å². The van der Waals surface area contributed by atoms with Crippen molar-refractivity contribution >= 4 is 0 Å². The van der Waals surface area contributed by atoms with E-state index in [1.807, 2.05) is 11.9 Å². The maximum absolute atomic E-state index is 8.45. The van der Waals surface area contributed by atoms with E-state index < -0.39 is 0 Å². The van der Waals surface area contributed by atoms with Crippen LogP contribution in [0.3, 0.4) is 0 Å². The summed E-state index contributed by atoms with van der Waals surface area (Å²) in [7, 11) is 1.90. The fraction of sp³-hybridized carbons (Fsp3) is 0.923. The third kappa shape index (κ3) is 13.4. The normalized spacial score (nSPS) is 10.8. The molecule has 0 fully saturated rings. The fourth-order valence-corrected chi connectivity index (χ4v) is 1.21. The van der Waals surface area contributed by atoms with E-state index in [1.165, 1.54) is 0 Å². The topological polar surface area (TPSA) is 54.7 Å². The van der Waals surface area contributed by atoms with Gasteiger partial charge in [0.2, 0.25) is 0 Å². The number of hydrogen-bond acceptors (Lipinski definition) is 5. The molecular formula is C13H26N2O3. The summed E-state index contributed by atoms with van der Waals surface area (Å²) in [5.41, 5.74) is 0. The van der Waals surface area contributed by atoms with Crippen molar-refractivity contribution in [1.29, 1.82) is 5.26 Å². The first-order valence-corrected chi connectivity index (χ1v) is 6.60. The minimum absolute atomic E-state index is 0.439. The molecule has 0 N–H and O–H groups in total. The molecule has 0 aliphatic carbocycles. The summed E-state index contributed by atoms with van der Waals surface area (Å²) in [5, 5.41) is 8.45. The molecule has 0 bridgehead atoms. The predicted octanol–water partition coefficient (Wildman–Crippen LogP) is 1.29. The number of unbranched alkanes of at least 4 members (excludes halogenated alkanes) is 1. The molecule has 0 atom stereocenters. The minimum atomic E-state index is 0.439. The zero-order valence-electron chi connectivity index (χ0n) is 11.7. The van der Waals surface area contributed by atoms with E-state index in [0.717, 1.165) is 26.0 Å². The van der Waals surface area contributed by atoms with E-state index in [2.05, 4.69) is 13.0 Å². The summed E-state index contributed by atoms with van der Waals surface area (Å²) < 4.78 is 16.1. The summed E-state index contributed by atoms with van der Waals surface area (Å²) >= 11 is 0. The predicted molar refractivity (Wildman–Crippen MR) is 70.5 cm³/mol. The Morgan fingerprint density at radius 3 is 2.06 bits per heavy atom. The van der Waals surface area contributed by atoms with Crippen LogP contribution in [0.2, 0.25) is 0 Å². The Balaban J connectivity index is 3.01. The van der Waals surface area contributed by atoms with E-state index in [9.17, 15) is 0 Å². The molecule has 0 unspecified atom stereocenters. The van der Waals surface area contributed by atoms with Crippen molar-refractivity contribution in [3.05, 3.63) is 0 Å². The quantitative estimate of drug-likeness (QED) is 0.368. The zero-order chi connectivity index (χ0) is 13.5. The van der Waals surface area contributed by atoms with E-state index in [-0.39, 0.29) is 0 Å².